The minimum atomic E-state index is -0.435. The first-order valence-corrected chi connectivity index (χ1v) is 4.82. The average molecular weight is 231 g/mol. The van der Waals surface area contributed by atoms with Crippen molar-refractivity contribution in [3.63, 3.8) is 0 Å². The van der Waals surface area contributed by atoms with Crippen LogP contribution in [0, 0.1) is 10.1 Å². The van der Waals surface area contributed by atoms with Crippen LogP contribution in [0.1, 0.15) is 12.5 Å². The van der Waals surface area contributed by atoms with Crippen LogP contribution in [-0.2, 0) is 0 Å². The topological polar surface area (TPSA) is 86.2 Å². The molecule has 1 heterocycles. The zero-order valence-corrected chi connectivity index (χ0v) is 9.02. The van der Waals surface area contributed by atoms with Crippen molar-refractivity contribution < 1.29 is 4.92 Å². The van der Waals surface area contributed by atoms with Gasteiger partial charge in [-0.2, -0.15) is 5.10 Å². The highest BCUT2D eigenvalue weighted by molar-refractivity contribution is 5.99. The van der Waals surface area contributed by atoms with Crippen molar-refractivity contribution in [2.75, 3.05) is 0 Å². The second-order valence-corrected chi connectivity index (χ2v) is 3.33. The van der Waals surface area contributed by atoms with Gasteiger partial charge in [0.1, 0.15) is 12.7 Å². The van der Waals surface area contributed by atoms with E-state index in [1.807, 2.05) is 0 Å². The summed E-state index contributed by atoms with van der Waals surface area (Å²) in [6.45, 7) is 1.76. The van der Waals surface area contributed by atoms with Crippen LogP contribution in [-0.4, -0.2) is 25.5 Å². The van der Waals surface area contributed by atoms with Gasteiger partial charge in [0.25, 0.3) is 5.69 Å². The fourth-order valence-electron chi connectivity index (χ4n) is 1.32. The van der Waals surface area contributed by atoms with Crippen molar-refractivity contribution >= 4 is 11.4 Å². The van der Waals surface area contributed by atoms with E-state index in [2.05, 4.69) is 15.3 Å². The molecule has 0 saturated heterocycles. The van der Waals surface area contributed by atoms with Gasteiger partial charge in [-0.25, -0.2) is 4.68 Å². The van der Waals surface area contributed by atoms with Crippen LogP contribution in [0.25, 0.3) is 0 Å². The molecule has 86 valence electrons. The van der Waals surface area contributed by atoms with Gasteiger partial charge in [-0.05, 0) is 6.92 Å². The molecule has 1 aromatic carbocycles. The maximum absolute atomic E-state index is 10.6. The van der Waals surface area contributed by atoms with E-state index in [4.69, 9.17) is 0 Å². The first-order valence-electron chi connectivity index (χ1n) is 4.82. The summed E-state index contributed by atoms with van der Waals surface area (Å²) in [7, 11) is 0. The molecule has 0 N–H and O–H groups in total. The van der Waals surface area contributed by atoms with Crippen LogP contribution in [0.3, 0.4) is 0 Å². The van der Waals surface area contributed by atoms with Crippen molar-refractivity contribution in [3.05, 3.63) is 52.6 Å². The SMILES string of the molecule is C/C(=N\n1cnnc1)c1cccc([N+](=O)[O-])c1. The minimum absolute atomic E-state index is 0.0424. The summed E-state index contributed by atoms with van der Waals surface area (Å²) in [5.74, 6) is 0. The Morgan fingerprint density at radius 3 is 2.76 bits per heavy atom. The van der Waals surface area contributed by atoms with E-state index in [0.29, 0.717) is 11.3 Å². The first kappa shape index (κ1) is 10.9. The Bertz CT molecular complexity index is 562. The smallest absolute Gasteiger partial charge is 0.258 e. The average Bonchev–Trinajstić information content (AvgIpc) is 2.82. The molecule has 2 aromatic rings. The molecule has 17 heavy (non-hydrogen) atoms. The lowest BCUT2D eigenvalue weighted by atomic mass is 10.1. The van der Waals surface area contributed by atoms with Crippen LogP contribution in [0.15, 0.2) is 42.0 Å². The van der Waals surface area contributed by atoms with Gasteiger partial charge in [0.15, 0.2) is 0 Å². The molecule has 0 aliphatic rings. The molecule has 0 fully saturated rings. The predicted octanol–water partition coefficient (Wildman–Crippen LogP) is 1.46. The van der Waals surface area contributed by atoms with Gasteiger partial charge in [0.05, 0.1) is 10.6 Å². The number of aromatic nitrogens is 3. The highest BCUT2D eigenvalue weighted by Crippen LogP contribution is 2.13. The van der Waals surface area contributed by atoms with Gasteiger partial charge in [-0.3, -0.25) is 10.1 Å². The number of hydrogen-bond donors (Lipinski definition) is 0. The molecular weight excluding hydrogens is 222 g/mol. The molecule has 0 atom stereocenters. The van der Waals surface area contributed by atoms with E-state index in [1.54, 1.807) is 19.1 Å². The number of benzene rings is 1. The number of rotatable bonds is 3. The Hall–Kier alpha value is -2.57. The number of non-ortho nitro benzene ring substituents is 1. The van der Waals surface area contributed by atoms with Gasteiger partial charge < -0.3 is 0 Å². The third-order valence-electron chi connectivity index (χ3n) is 2.15. The lowest BCUT2D eigenvalue weighted by Gasteiger charge is -2.00. The highest BCUT2D eigenvalue weighted by atomic mass is 16.6. The fraction of sp³-hybridized carbons (Fsp3) is 0.100. The summed E-state index contributed by atoms with van der Waals surface area (Å²) in [5.41, 5.74) is 1.38. The second kappa shape index (κ2) is 4.52. The summed E-state index contributed by atoms with van der Waals surface area (Å²) in [4.78, 5) is 10.2. The Morgan fingerprint density at radius 1 is 1.41 bits per heavy atom. The van der Waals surface area contributed by atoms with E-state index in [9.17, 15) is 10.1 Å². The van der Waals surface area contributed by atoms with Crippen LogP contribution in [0.2, 0.25) is 0 Å². The summed E-state index contributed by atoms with van der Waals surface area (Å²) in [5, 5.41) is 22.0. The molecule has 0 amide bonds. The summed E-state index contributed by atoms with van der Waals surface area (Å²) < 4.78 is 1.44. The summed E-state index contributed by atoms with van der Waals surface area (Å²) in [6.07, 6.45) is 2.89. The molecule has 7 heteroatoms. The van der Waals surface area contributed by atoms with Crippen molar-refractivity contribution in [2.45, 2.75) is 6.92 Å². The molecular formula is C10H9N5O2. The Balaban J connectivity index is 2.34. The molecule has 2 rings (SSSR count). The Kier molecular flexibility index (Phi) is 2.91. The maximum Gasteiger partial charge on any atom is 0.270 e. The van der Waals surface area contributed by atoms with Crippen LogP contribution in [0.5, 0.6) is 0 Å². The zero-order valence-electron chi connectivity index (χ0n) is 9.02. The second-order valence-electron chi connectivity index (χ2n) is 3.33. The number of hydrogen-bond acceptors (Lipinski definition) is 5. The molecule has 7 nitrogen and oxygen atoms in total. The Labute approximate surface area is 96.6 Å². The fourth-order valence-corrected chi connectivity index (χ4v) is 1.32. The maximum atomic E-state index is 10.6. The van der Waals surface area contributed by atoms with Gasteiger partial charge in [-0.15, -0.1) is 10.2 Å². The van der Waals surface area contributed by atoms with E-state index < -0.39 is 4.92 Å². The summed E-state index contributed by atoms with van der Waals surface area (Å²) in [6, 6.07) is 6.30. The minimum Gasteiger partial charge on any atom is -0.258 e. The Morgan fingerprint density at radius 2 is 2.12 bits per heavy atom. The monoisotopic (exact) mass is 231 g/mol. The third-order valence-corrected chi connectivity index (χ3v) is 2.15. The quantitative estimate of drug-likeness (QED) is 0.454. The number of nitro benzene ring substituents is 1. The van der Waals surface area contributed by atoms with Crippen molar-refractivity contribution in [2.24, 2.45) is 5.10 Å². The molecule has 0 radical (unpaired) electrons. The van der Waals surface area contributed by atoms with Crippen molar-refractivity contribution in [3.8, 4) is 0 Å². The van der Waals surface area contributed by atoms with Crippen LogP contribution < -0.4 is 0 Å². The van der Waals surface area contributed by atoms with Gasteiger partial charge in [0.2, 0.25) is 0 Å². The largest absolute Gasteiger partial charge is 0.270 e. The van der Waals surface area contributed by atoms with E-state index in [1.165, 1.54) is 29.5 Å². The van der Waals surface area contributed by atoms with Crippen molar-refractivity contribution in [1.29, 1.82) is 0 Å². The van der Waals surface area contributed by atoms with Crippen molar-refractivity contribution in [1.82, 2.24) is 14.9 Å². The molecule has 0 saturated carbocycles. The van der Waals surface area contributed by atoms with Gasteiger partial charge in [-0.1, -0.05) is 12.1 Å². The summed E-state index contributed by atoms with van der Waals surface area (Å²) >= 11 is 0. The van der Waals surface area contributed by atoms with E-state index in [-0.39, 0.29) is 5.69 Å². The van der Waals surface area contributed by atoms with Gasteiger partial charge >= 0.3 is 0 Å². The predicted molar refractivity (Wildman–Crippen MR) is 60.7 cm³/mol. The standard InChI is InChI=1S/C10H9N5O2/c1-8(13-14-6-11-12-7-14)9-3-2-4-10(5-9)15(16)17/h2-7H,1H3/b13-8+. The van der Waals surface area contributed by atoms with Crippen LogP contribution in [0.4, 0.5) is 5.69 Å². The highest BCUT2D eigenvalue weighted by Gasteiger charge is 2.07. The molecule has 0 aliphatic heterocycles. The number of nitrogens with zero attached hydrogens (tertiary/aromatic N) is 5. The molecule has 1 aromatic heterocycles. The lowest BCUT2D eigenvalue weighted by Crippen LogP contribution is -1.99. The third kappa shape index (κ3) is 2.51. The normalized spacial score (nSPS) is 11.5. The number of nitro groups is 1. The zero-order chi connectivity index (χ0) is 12.3. The van der Waals surface area contributed by atoms with E-state index >= 15 is 0 Å². The molecule has 0 unspecified atom stereocenters. The molecule has 0 spiro atoms. The molecule has 0 bridgehead atoms. The first-order chi connectivity index (χ1) is 8.16. The lowest BCUT2D eigenvalue weighted by molar-refractivity contribution is -0.384. The van der Waals surface area contributed by atoms with E-state index in [0.717, 1.165) is 0 Å². The molecule has 0 aliphatic carbocycles. The van der Waals surface area contributed by atoms with Gasteiger partial charge in [0, 0.05) is 17.7 Å². The van der Waals surface area contributed by atoms with Crippen LogP contribution >= 0.6 is 0 Å².